The highest BCUT2D eigenvalue weighted by Crippen LogP contribution is 2.38. The van der Waals surface area contributed by atoms with E-state index in [0.717, 1.165) is 37.5 Å². The molecule has 2 heterocycles. The predicted octanol–water partition coefficient (Wildman–Crippen LogP) is 3.27. The third-order valence-corrected chi connectivity index (χ3v) is 4.66. The van der Waals surface area contributed by atoms with Crippen LogP contribution in [0.3, 0.4) is 0 Å². The van der Waals surface area contributed by atoms with Gasteiger partial charge >= 0.3 is 0 Å². The summed E-state index contributed by atoms with van der Waals surface area (Å²) in [6, 6.07) is 8.83. The molecule has 24 heavy (non-hydrogen) atoms. The fourth-order valence-electron chi connectivity index (χ4n) is 2.94. The van der Waals surface area contributed by atoms with Crippen molar-refractivity contribution < 1.29 is 0 Å². The van der Waals surface area contributed by atoms with E-state index < -0.39 is 0 Å². The van der Waals surface area contributed by atoms with Gasteiger partial charge in [0.25, 0.3) is 0 Å². The zero-order chi connectivity index (χ0) is 16.4. The molecule has 1 aliphatic rings. The van der Waals surface area contributed by atoms with Crippen molar-refractivity contribution in [3.8, 4) is 0 Å². The fourth-order valence-corrected chi connectivity index (χ4v) is 2.94. The van der Waals surface area contributed by atoms with Crippen molar-refractivity contribution in [1.29, 1.82) is 0 Å². The van der Waals surface area contributed by atoms with Crippen LogP contribution in [0.15, 0.2) is 36.7 Å². The summed E-state index contributed by atoms with van der Waals surface area (Å²) in [5.41, 5.74) is 3.87. The maximum Gasteiger partial charge on any atom is 0.154 e. The number of hydrogen-bond donors (Lipinski definition) is 1. The van der Waals surface area contributed by atoms with Crippen molar-refractivity contribution in [2.75, 3.05) is 0 Å². The van der Waals surface area contributed by atoms with Crippen LogP contribution >= 0.6 is 0 Å². The van der Waals surface area contributed by atoms with E-state index in [9.17, 15) is 0 Å². The molecule has 0 aliphatic heterocycles. The molecule has 3 aromatic rings. The lowest BCUT2D eigenvalue weighted by molar-refractivity contribution is 0.627. The van der Waals surface area contributed by atoms with Gasteiger partial charge in [0.1, 0.15) is 5.82 Å². The largest absolute Gasteiger partial charge is 0.285 e. The molecule has 5 nitrogen and oxygen atoms in total. The molecular formula is C19H23N5. The maximum absolute atomic E-state index is 4.82. The number of benzene rings is 1. The Morgan fingerprint density at radius 2 is 1.88 bits per heavy atom. The van der Waals surface area contributed by atoms with Gasteiger partial charge in [0.2, 0.25) is 0 Å². The molecule has 0 spiro atoms. The van der Waals surface area contributed by atoms with Crippen LogP contribution in [0.2, 0.25) is 0 Å². The summed E-state index contributed by atoms with van der Waals surface area (Å²) in [5, 5.41) is 11.7. The third-order valence-electron chi connectivity index (χ3n) is 4.66. The third kappa shape index (κ3) is 3.40. The number of nitrogens with one attached hydrogen (secondary N) is 1. The standard InChI is InChI=1S/C19H23N5/c1-2-14-3-5-15(6-4-14)13-24-18(10-7-16-11-20-21-12-16)22-19(23-24)17-8-9-17/h3-6,11-12,17H,2,7-10,13H2,1H3,(H,20,21). The molecule has 1 fully saturated rings. The summed E-state index contributed by atoms with van der Waals surface area (Å²) in [6.07, 6.45) is 9.20. The molecule has 1 N–H and O–H groups in total. The molecule has 0 amide bonds. The van der Waals surface area contributed by atoms with Crippen LogP contribution in [0.5, 0.6) is 0 Å². The summed E-state index contributed by atoms with van der Waals surface area (Å²) in [6.45, 7) is 2.98. The molecular weight excluding hydrogens is 298 g/mol. The number of H-pyrrole nitrogens is 1. The molecule has 1 aliphatic carbocycles. The minimum absolute atomic E-state index is 0.585. The molecule has 0 saturated heterocycles. The quantitative estimate of drug-likeness (QED) is 0.726. The van der Waals surface area contributed by atoms with Crippen molar-refractivity contribution >= 4 is 0 Å². The van der Waals surface area contributed by atoms with E-state index in [2.05, 4.69) is 46.1 Å². The van der Waals surface area contributed by atoms with Gasteiger partial charge < -0.3 is 0 Å². The van der Waals surface area contributed by atoms with Crippen LogP contribution in [0.4, 0.5) is 0 Å². The van der Waals surface area contributed by atoms with Gasteiger partial charge in [-0.25, -0.2) is 9.67 Å². The first-order valence-corrected chi connectivity index (χ1v) is 8.81. The number of hydrogen-bond acceptors (Lipinski definition) is 3. The smallest absolute Gasteiger partial charge is 0.154 e. The van der Waals surface area contributed by atoms with Gasteiger partial charge in [-0.2, -0.15) is 10.2 Å². The summed E-state index contributed by atoms with van der Waals surface area (Å²) in [5.74, 6) is 2.70. The summed E-state index contributed by atoms with van der Waals surface area (Å²) < 4.78 is 2.09. The second-order valence-electron chi connectivity index (χ2n) is 6.59. The first-order valence-electron chi connectivity index (χ1n) is 8.81. The Bertz CT molecular complexity index is 782. The predicted molar refractivity (Wildman–Crippen MR) is 92.9 cm³/mol. The first-order chi connectivity index (χ1) is 11.8. The van der Waals surface area contributed by atoms with E-state index in [0.29, 0.717) is 5.92 Å². The zero-order valence-electron chi connectivity index (χ0n) is 14.1. The Morgan fingerprint density at radius 3 is 2.54 bits per heavy atom. The number of aromatic nitrogens is 5. The number of aryl methyl sites for hydroxylation is 3. The van der Waals surface area contributed by atoms with Gasteiger partial charge in [0.15, 0.2) is 5.82 Å². The Kier molecular flexibility index (Phi) is 4.15. The molecule has 0 atom stereocenters. The molecule has 1 saturated carbocycles. The first kappa shape index (κ1) is 15.1. The highest BCUT2D eigenvalue weighted by Gasteiger charge is 2.28. The maximum atomic E-state index is 4.82. The number of nitrogens with zero attached hydrogens (tertiary/aromatic N) is 4. The van der Waals surface area contributed by atoms with Crippen LogP contribution in [-0.2, 0) is 25.8 Å². The van der Waals surface area contributed by atoms with E-state index in [1.165, 1.54) is 29.5 Å². The molecule has 5 heteroatoms. The van der Waals surface area contributed by atoms with Crippen molar-refractivity contribution in [2.24, 2.45) is 0 Å². The van der Waals surface area contributed by atoms with E-state index >= 15 is 0 Å². The van der Waals surface area contributed by atoms with Gasteiger partial charge in [-0.05, 0) is 42.4 Å². The minimum atomic E-state index is 0.585. The van der Waals surface area contributed by atoms with Gasteiger partial charge in [-0.15, -0.1) is 0 Å². The summed E-state index contributed by atoms with van der Waals surface area (Å²) >= 11 is 0. The normalized spacial score (nSPS) is 14.2. The van der Waals surface area contributed by atoms with Gasteiger partial charge in [0.05, 0.1) is 12.7 Å². The van der Waals surface area contributed by atoms with Crippen molar-refractivity contribution in [3.05, 3.63) is 65.0 Å². The second kappa shape index (κ2) is 6.59. The molecule has 2 aromatic heterocycles. The van der Waals surface area contributed by atoms with Crippen LogP contribution < -0.4 is 0 Å². The zero-order valence-corrected chi connectivity index (χ0v) is 14.1. The lowest BCUT2D eigenvalue weighted by Crippen LogP contribution is -2.08. The topological polar surface area (TPSA) is 59.4 Å². The average molecular weight is 321 g/mol. The molecule has 0 bridgehead atoms. The van der Waals surface area contributed by atoms with E-state index in [4.69, 9.17) is 10.1 Å². The Balaban J connectivity index is 1.53. The fraction of sp³-hybridized carbons (Fsp3) is 0.421. The minimum Gasteiger partial charge on any atom is -0.285 e. The molecule has 0 unspecified atom stereocenters. The van der Waals surface area contributed by atoms with Crippen molar-refractivity contribution in [2.45, 2.75) is 51.5 Å². The average Bonchev–Trinajstić information content (AvgIpc) is 3.18. The molecule has 4 rings (SSSR count). The monoisotopic (exact) mass is 321 g/mol. The number of aromatic amines is 1. The second-order valence-corrected chi connectivity index (χ2v) is 6.59. The molecule has 0 radical (unpaired) electrons. The van der Waals surface area contributed by atoms with E-state index in [-0.39, 0.29) is 0 Å². The Hall–Kier alpha value is -2.43. The lowest BCUT2D eigenvalue weighted by atomic mass is 10.1. The summed E-state index contributed by atoms with van der Waals surface area (Å²) in [4.78, 5) is 4.82. The van der Waals surface area contributed by atoms with Gasteiger partial charge in [-0.1, -0.05) is 31.2 Å². The van der Waals surface area contributed by atoms with Gasteiger partial charge in [-0.3, -0.25) is 5.10 Å². The van der Waals surface area contributed by atoms with Crippen LogP contribution in [-0.4, -0.2) is 25.0 Å². The number of rotatable bonds is 7. The highest BCUT2D eigenvalue weighted by atomic mass is 15.3. The van der Waals surface area contributed by atoms with Crippen LogP contribution in [0, 0.1) is 0 Å². The highest BCUT2D eigenvalue weighted by molar-refractivity contribution is 5.23. The van der Waals surface area contributed by atoms with Crippen molar-refractivity contribution in [1.82, 2.24) is 25.0 Å². The SMILES string of the molecule is CCc1ccc(Cn2nc(C3CC3)nc2CCc2cn[nH]c2)cc1. The molecule has 1 aromatic carbocycles. The van der Waals surface area contributed by atoms with Crippen LogP contribution in [0.25, 0.3) is 0 Å². The van der Waals surface area contributed by atoms with E-state index in [1.54, 1.807) is 0 Å². The Labute approximate surface area is 142 Å². The van der Waals surface area contributed by atoms with Crippen LogP contribution in [0.1, 0.15) is 54.0 Å². The Morgan fingerprint density at radius 1 is 1.08 bits per heavy atom. The molecule has 124 valence electrons. The summed E-state index contributed by atoms with van der Waals surface area (Å²) in [7, 11) is 0. The van der Waals surface area contributed by atoms with E-state index in [1.807, 2.05) is 12.4 Å². The lowest BCUT2D eigenvalue weighted by Gasteiger charge is -2.06. The van der Waals surface area contributed by atoms with Crippen molar-refractivity contribution in [3.63, 3.8) is 0 Å². The van der Waals surface area contributed by atoms with Gasteiger partial charge in [0, 0.05) is 18.5 Å².